The Morgan fingerprint density at radius 2 is 2.12 bits per heavy atom. The summed E-state index contributed by atoms with van der Waals surface area (Å²) in [4.78, 5) is 4.70. The van der Waals surface area contributed by atoms with Crippen LogP contribution in [0.4, 0.5) is 5.69 Å². The summed E-state index contributed by atoms with van der Waals surface area (Å²) >= 11 is 3.50. The normalized spacial score (nSPS) is 10.8. The molecular formula is C13H16BrN3. The van der Waals surface area contributed by atoms with Crippen LogP contribution in [0.1, 0.15) is 24.6 Å². The molecule has 0 saturated carbocycles. The van der Waals surface area contributed by atoms with Gasteiger partial charge in [-0.3, -0.25) is 10.8 Å². The molecule has 0 saturated heterocycles. The van der Waals surface area contributed by atoms with Crippen molar-refractivity contribution >= 4 is 32.5 Å². The van der Waals surface area contributed by atoms with E-state index in [0.717, 1.165) is 45.2 Å². The molecule has 3 nitrogen and oxygen atoms in total. The fourth-order valence-corrected chi connectivity index (χ4v) is 2.59. The number of nitrogens with two attached hydrogens (primary N) is 1. The van der Waals surface area contributed by atoms with Gasteiger partial charge in [-0.05, 0) is 37.1 Å². The number of nitrogens with zero attached hydrogens (tertiary/aromatic N) is 1. The van der Waals surface area contributed by atoms with Crippen LogP contribution in [0.5, 0.6) is 0 Å². The summed E-state index contributed by atoms with van der Waals surface area (Å²) < 4.78 is 1.05. The molecule has 0 fully saturated rings. The van der Waals surface area contributed by atoms with Crippen LogP contribution in [0.25, 0.3) is 10.9 Å². The fraction of sp³-hybridized carbons (Fsp3) is 0.308. The lowest BCUT2D eigenvalue weighted by Crippen LogP contribution is -2.08. The van der Waals surface area contributed by atoms with Gasteiger partial charge in [-0.2, -0.15) is 0 Å². The van der Waals surface area contributed by atoms with E-state index in [1.54, 1.807) is 0 Å². The van der Waals surface area contributed by atoms with E-state index >= 15 is 0 Å². The lowest BCUT2D eigenvalue weighted by Gasteiger charge is -2.11. The van der Waals surface area contributed by atoms with Gasteiger partial charge in [0.25, 0.3) is 0 Å². The number of anilines is 1. The van der Waals surface area contributed by atoms with Crippen LogP contribution < -0.4 is 11.3 Å². The summed E-state index contributed by atoms with van der Waals surface area (Å²) in [6.07, 6.45) is 2.05. The highest BCUT2D eigenvalue weighted by molar-refractivity contribution is 9.10. The standard InChI is InChI=1S/C13H16BrN3/c1-3-4-10-7-12(17-15)11-6-9(14)5-8(2)13(11)16-10/h5-7H,3-4,15H2,1-2H3,(H,16,17). The van der Waals surface area contributed by atoms with E-state index in [4.69, 9.17) is 10.8 Å². The number of aryl methyl sites for hydroxylation is 2. The van der Waals surface area contributed by atoms with Crippen molar-refractivity contribution in [3.05, 3.63) is 33.9 Å². The monoisotopic (exact) mass is 293 g/mol. The molecule has 0 atom stereocenters. The average Bonchev–Trinajstić information content (AvgIpc) is 2.29. The first kappa shape index (κ1) is 12.3. The second-order valence-corrected chi connectivity index (χ2v) is 5.09. The number of hydrogen-bond donors (Lipinski definition) is 2. The van der Waals surface area contributed by atoms with Crippen LogP contribution >= 0.6 is 15.9 Å². The molecule has 1 heterocycles. The minimum atomic E-state index is 0.933. The Morgan fingerprint density at radius 3 is 2.76 bits per heavy atom. The topological polar surface area (TPSA) is 50.9 Å². The highest BCUT2D eigenvalue weighted by Gasteiger charge is 2.08. The Hall–Kier alpha value is -1.13. The zero-order valence-corrected chi connectivity index (χ0v) is 11.6. The number of fused-ring (bicyclic) bond motifs is 1. The minimum absolute atomic E-state index is 0.933. The highest BCUT2D eigenvalue weighted by atomic mass is 79.9. The summed E-state index contributed by atoms with van der Waals surface area (Å²) in [5.74, 6) is 5.59. The second kappa shape index (κ2) is 5.02. The number of pyridine rings is 1. The van der Waals surface area contributed by atoms with Crippen molar-refractivity contribution in [1.29, 1.82) is 0 Å². The number of aromatic nitrogens is 1. The van der Waals surface area contributed by atoms with Crippen LogP contribution in [0.2, 0.25) is 0 Å². The number of hydrogen-bond acceptors (Lipinski definition) is 3. The smallest absolute Gasteiger partial charge is 0.0756 e. The fourth-order valence-electron chi connectivity index (χ4n) is 2.01. The van der Waals surface area contributed by atoms with Gasteiger partial charge in [-0.15, -0.1) is 0 Å². The molecule has 17 heavy (non-hydrogen) atoms. The predicted octanol–water partition coefficient (Wildman–Crippen LogP) is 3.54. The summed E-state index contributed by atoms with van der Waals surface area (Å²) in [6, 6.07) is 6.14. The lowest BCUT2D eigenvalue weighted by atomic mass is 10.1. The van der Waals surface area contributed by atoms with E-state index in [-0.39, 0.29) is 0 Å². The van der Waals surface area contributed by atoms with E-state index in [2.05, 4.69) is 41.3 Å². The second-order valence-electron chi connectivity index (χ2n) is 4.17. The van der Waals surface area contributed by atoms with Gasteiger partial charge in [0.2, 0.25) is 0 Å². The van der Waals surface area contributed by atoms with Crippen molar-refractivity contribution in [2.75, 3.05) is 5.43 Å². The first-order chi connectivity index (χ1) is 8.15. The maximum absolute atomic E-state index is 5.59. The van der Waals surface area contributed by atoms with Gasteiger partial charge in [-0.1, -0.05) is 29.3 Å². The van der Waals surface area contributed by atoms with E-state index in [1.807, 2.05) is 12.1 Å². The molecule has 0 aliphatic carbocycles. The van der Waals surface area contributed by atoms with Gasteiger partial charge in [0.15, 0.2) is 0 Å². The SMILES string of the molecule is CCCc1cc(NN)c2cc(Br)cc(C)c2n1. The zero-order valence-electron chi connectivity index (χ0n) is 10.0. The van der Waals surface area contributed by atoms with Crippen LogP contribution in [0, 0.1) is 6.92 Å². The van der Waals surface area contributed by atoms with E-state index < -0.39 is 0 Å². The maximum atomic E-state index is 5.59. The molecule has 0 bridgehead atoms. The summed E-state index contributed by atoms with van der Waals surface area (Å²) in [5, 5.41) is 1.05. The highest BCUT2D eigenvalue weighted by Crippen LogP contribution is 2.29. The van der Waals surface area contributed by atoms with Crippen molar-refractivity contribution in [3.8, 4) is 0 Å². The Morgan fingerprint density at radius 1 is 1.35 bits per heavy atom. The van der Waals surface area contributed by atoms with Crippen molar-refractivity contribution in [2.24, 2.45) is 5.84 Å². The summed E-state index contributed by atoms with van der Waals surface area (Å²) in [5.41, 5.74) is 6.95. The maximum Gasteiger partial charge on any atom is 0.0756 e. The predicted molar refractivity (Wildman–Crippen MR) is 76.0 cm³/mol. The molecule has 90 valence electrons. The third kappa shape index (κ3) is 2.42. The minimum Gasteiger partial charge on any atom is -0.323 e. The van der Waals surface area contributed by atoms with E-state index in [9.17, 15) is 0 Å². The number of benzene rings is 1. The zero-order chi connectivity index (χ0) is 12.4. The van der Waals surface area contributed by atoms with Crippen molar-refractivity contribution in [2.45, 2.75) is 26.7 Å². The quantitative estimate of drug-likeness (QED) is 0.672. The molecule has 4 heteroatoms. The van der Waals surface area contributed by atoms with Crippen molar-refractivity contribution < 1.29 is 0 Å². The van der Waals surface area contributed by atoms with Crippen molar-refractivity contribution in [3.63, 3.8) is 0 Å². The number of halogens is 1. The van der Waals surface area contributed by atoms with Gasteiger partial charge >= 0.3 is 0 Å². The van der Waals surface area contributed by atoms with E-state index in [0.29, 0.717) is 0 Å². The average molecular weight is 294 g/mol. The molecular weight excluding hydrogens is 278 g/mol. The molecule has 1 aromatic heterocycles. The molecule has 3 N–H and O–H groups in total. The van der Waals surface area contributed by atoms with Crippen LogP contribution in [-0.2, 0) is 6.42 Å². The third-order valence-corrected chi connectivity index (χ3v) is 3.24. The third-order valence-electron chi connectivity index (χ3n) is 2.78. The molecule has 0 spiro atoms. The molecule has 2 rings (SSSR count). The van der Waals surface area contributed by atoms with Crippen LogP contribution in [0.3, 0.4) is 0 Å². The van der Waals surface area contributed by atoms with Crippen LogP contribution in [0.15, 0.2) is 22.7 Å². The first-order valence-corrected chi connectivity index (χ1v) is 6.51. The van der Waals surface area contributed by atoms with Gasteiger partial charge in [0, 0.05) is 15.6 Å². The largest absolute Gasteiger partial charge is 0.323 e. The molecule has 0 aliphatic rings. The molecule has 0 amide bonds. The Balaban J connectivity index is 2.73. The number of hydrazine groups is 1. The van der Waals surface area contributed by atoms with Crippen LogP contribution in [-0.4, -0.2) is 4.98 Å². The van der Waals surface area contributed by atoms with Gasteiger partial charge in [-0.25, -0.2) is 0 Å². The Kier molecular flexibility index (Phi) is 3.64. The number of rotatable bonds is 3. The van der Waals surface area contributed by atoms with Gasteiger partial charge in [0.05, 0.1) is 11.2 Å². The molecule has 0 unspecified atom stereocenters. The summed E-state index contributed by atoms with van der Waals surface area (Å²) in [6.45, 7) is 4.21. The number of nitrogen functional groups attached to an aromatic ring is 1. The molecule has 0 radical (unpaired) electrons. The summed E-state index contributed by atoms with van der Waals surface area (Å²) in [7, 11) is 0. The first-order valence-electron chi connectivity index (χ1n) is 5.72. The number of nitrogens with one attached hydrogen (secondary N) is 1. The Labute approximate surface area is 110 Å². The van der Waals surface area contributed by atoms with E-state index in [1.165, 1.54) is 0 Å². The molecule has 1 aromatic carbocycles. The Bertz CT molecular complexity index is 552. The van der Waals surface area contributed by atoms with Gasteiger partial charge in [0.1, 0.15) is 0 Å². The van der Waals surface area contributed by atoms with Gasteiger partial charge < -0.3 is 5.43 Å². The lowest BCUT2D eigenvalue weighted by molar-refractivity contribution is 0.889. The molecule has 0 aliphatic heterocycles. The van der Waals surface area contributed by atoms with Crippen molar-refractivity contribution in [1.82, 2.24) is 4.98 Å². The molecule has 2 aromatic rings.